The number of aliphatic imine (C=N–C) groups is 1. The molecule has 1 aromatic rings. The molecule has 0 aliphatic carbocycles. The van der Waals surface area contributed by atoms with E-state index in [9.17, 15) is 0 Å². The second-order valence-corrected chi connectivity index (χ2v) is 6.89. The standard InChI is InChI=1S/C21H36N4O3/c1-4-14-28-20-18(8-6-11-23-20)17-24-21(22-5-2)25-12-9-19(10-13-25)27-16-7-15-26-3/h6,8,11,19H,4-5,7,9-10,12-17H2,1-3H3,(H,22,24). The van der Waals surface area contributed by atoms with E-state index < -0.39 is 0 Å². The number of nitrogens with zero attached hydrogens (tertiary/aromatic N) is 3. The third-order valence-corrected chi connectivity index (χ3v) is 4.61. The largest absolute Gasteiger partial charge is 0.477 e. The van der Waals surface area contributed by atoms with Gasteiger partial charge < -0.3 is 24.4 Å². The predicted molar refractivity (Wildman–Crippen MR) is 112 cm³/mol. The van der Waals surface area contributed by atoms with Crippen molar-refractivity contribution >= 4 is 5.96 Å². The van der Waals surface area contributed by atoms with Gasteiger partial charge in [-0.1, -0.05) is 13.0 Å². The second-order valence-electron chi connectivity index (χ2n) is 6.89. The van der Waals surface area contributed by atoms with Crippen LogP contribution in [0.5, 0.6) is 5.88 Å². The van der Waals surface area contributed by atoms with Crippen LogP contribution in [0.1, 0.15) is 45.1 Å². The van der Waals surface area contributed by atoms with Crippen molar-refractivity contribution in [1.29, 1.82) is 0 Å². The second kappa shape index (κ2) is 13.3. The van der Waals surface area contributed by atoms with E-state index >= 15 is 0 Å². The van der Waals surface area contributed by atoms with Gasteiger partial charge in [-0.2, -0.15) is 0 Å². The Labute approximate surface area is 169 Å². The molecule has 2 heterocycles. The van der Waals surface area contributed by atoms with Gasteiger partial charge in [0.2, 0.25) is 5.88 Å². The number of rotatable bonds is 11. The van der Waals surface area contributed by atoms with Gasteiger partial charge in [0.1, 0.15) is 0 Å². The van der Waals surface area contributed by atoms with E-state index in [2.05, 4.69) is 29.0 Å². The molecule has 0 unspecified atom stereocenters. The van der Waals surface area contributed by atoms with Gasteiger partial charge in [0, 0.05) is 51.7 Å². The van der Waals surface area contributed by atoms with Crippen LogP contribution in [0.2, 0.25) is 0 Å². The highest BCUT2D eigenvalue weighted by Gasteiger charge is 2.22. The van der Waals surface area contributed by atoms with Crippen LogP contribution in [0.25, 0.3) is 0 Å². The number of likely N-dealkylation sites (tertiary alicyclic amines) is 1. The molecule has 0 radical (unpaired) electrons. The lowest BCUT2D eigenvalue weighted by Crippen LogP contribution is -2.47. The fourth-order valence-corrected chi connectivity index (χ4v) is 3.15. The summed E-state index contributed by atoms with van der Waals surface area (Å²) in [6.45, 7) is 9.70. The third kappa shape index (κ3) is 7.64. The maximum absolute atomic E-state index is 5.96. The average Bonchev–Trinajstić information content (AvgIpc) is 2.74. The topological polar surface area (TPSA) is 68.2 Å². The summed E-state index contributed by atoms with van der Waals surface area (Å²) in [5.74, 6) is 1.64. The first kappa shape index (κ1) is 22.4. The maximum atomic E-state index is 5.96. The fourth-order valence-electron chi connectivity index (χ4n) is 3.15. The molecule has 158 valence electrons. The first-order valence-corrected chi connectivity index (χ1v) is 10.5. The summed E-state index contributed by atoms with van der Waals surface area (Å²) in [4.78, 5) is 11.5. The van der Waals surface area contributed by atoms with E-state index in [1.807, 2.05) is 12.1 Å². The molecular formula is C21H36N4O3. The molecule has 0 amide bonds. The Hall–Kier alpha value is -1.86. The number of nitrogens with one attached hydrogen (secondary N) is 1. The van der Waals surface area contributed by atoms with Gasteiger partial charge in [-0.3, -0.25) is 0 Å². The molecule has 2 rings (SSSR count). The summed E-state index contributed by atoms with van der Waals surface area (Å²) in [6.07, 6.45) is 6.06. The van der Waals surface area contributed by atoms with Crippen LogP contribution >= 0.6 is 0 Å². The van der Waals surface area contributed by atoms with Crippen molar-refractivity contribution in [2.45, 2.75) is 52.2 Å². The molecule has 1 aliphatic rings. The maximum Gasteiger partial charge on any atom is 0.218 e. The summed E-state index contributed by atoms with van der Waals surface area (Å²) in [5, 5.41) is 3.42. The molecule has 1 N–H and O–H groups in total. The lowest BCUT2D eigenvalue weighted by Gasteiger charge is -2.34. The Balaban J connectivity index is 1.89. The molecule has 0 atom stereocenters. The van der Waals surface area contributed by atoms with E-state index in [0.29, 0.717) is 25.1 Å². The molecular weight excluding hydrogens is 356 g/mol. The number of aromatic nitrogens is 1. The normalized spacial score (nSPS) is 15.7. The zero-order valence-electron chi connectivity index (χ0n) is 17.7. The highest BCUT2D eigenvalue weighted by atomic mass is 16.5. The average molecular weight is 393 g/mol. The van der Waals surface area contributed by atoms with E-state index in [1.165, 1.54) is 0 Å². The number of pyridine rings is 1. The number of guanidine groups is 1. The number of hydrogen-bond donors (Lipinski definition) is 1. The summed E-state index contributed by atoms with van der Waals surface area (Å²) < 4.78 is 16.8. The fraction of sp³-hybridized carbons (Fsp3) is 0.714. The Morgan fingerprint density at radius 2 is 2.07 bits per heavy atom. The van der Waals surface area contributed by atoms with Crippen molar-refractivity contribution in [2.75, 3.05) is 46.6 Å². The van der Waals surface area contributed by atoms with Gasteiger partial charge in [-0.15, -0.1) is 0 Å². The molecule has 0 bridgehead atoms. The van der Waals surface area contributed by atoms with Crippen molar-refractivity contribution in [3.8, 4) is 5.88 Å². The zero-order chi connectivity index (χ0) is 20.0. The Morgan fingerprint density at radius 3 is 2.79 bits per heavy atom. The highest BCUT2D eigenvalue weighted by Crippen LogP contribution is 2.17. The molecule has 1 fully saturated rings. The summed E-state index contributed by atoms with van der Waals surface area (Å²) in [5.41, 5.74) is 1.02. The quantitative estimate of drug-likeness (QED) is 0.355. The number of piperidine rings is 1. The van der Waals surface area contributed by atoms with Crippen LogP contribution in [0.3, 0.4) is 0 Å². The number of hydrogen-bond acceptors (Lipinski definition) is 5. The SMILES string of the molecule is CCCOc1ncccc1CN=C(NCC)N1CCC(OCCCOC)CC1. The molecule has 0 spiro atoms. The van der Waals surface area contributed by atoms with Gasteiger partial charge in [0.05, 0.1) is 19.3 Å². The van der Waals surface area contributed by atoms with E-state index in [0.717, 1.165) is 70.1 Å². The van der Waals surface area contributed by atoms with Crippen molar-refractivity contribution in [3.63, 3.8) is 0 Å². The molecule has 7 heteroatoms. The third-order valence-electron chi connectivity index (χ3n) is 4.61. The van der Waals surface area contributed by atoms with Crippen molar-refractivity contribution < 1.29 is 14.2 Å². The van der Waals surface area contributed by atoms with Crippen LogP contribution in [0.15, 0.2) is 23.3 Å². The summed E-state index contributed by atoms with van der Waals surface area (Å²) in [7, 11) is 1.73. The van der Waals surface area contributed by atoms with E-state index in [-0.39, 0.29) is 0 Å². The monoisotopic (exact) mass is 392 g/mol. The Bertz CT molecular complexity index is 575. The Kier molecular flexibility index (Phi) is 10.7. The van der Waals surface area contributed by atoms with Crippen molar-refractivity contribution in [2.24, 2.45) is 4.99 Å². The van der Waals surface area contributed by atoms with Crippen LogP contribution < -0.4 is 10.1 Å². The molecule has 28 heavy (non-hydrogen) atoms. The van der Waals surface area contributed by atoms with Gasteiger partial charge in [-0.05, 0) is 38.7 Å². The van der Waals surface area contributed by atoms with Crippen LogP contribution in [-0.2, 0) is 16.0 Å². The lowest BCUT2D eigenvalue weighted by atomic mass is 10.1. The molecule has 1 saturated heterocycles. The smallest absolute Gasteiger partial charge is 0.218 e. The van der Waals surface area contributed by atoms with Crippen molar-refractivity contribution in [3.05, 3.63) is 23.9 Å². The lowest BCUT2D eigenvalue weighted by molar-refractivity contribution is 0.00990. The minimum atomic E-state index is 0.336. The van der Waals surface area contributed by atoms with Gasteiger partial charge >= 0.3 is 0 Å². The van der Waals surface area contributed by atoms with Gasteiger partial charge in [-0.25, -0.2) is 9.98 Å². The molecule has 1 aromatic heterocycles. The zero-order valence-corrected chi connectivity index (χ0v) is 17.7. The summed E-state index contributed by atoms with van der Waals surface area (Å²) >= 11 is 0. The predicted octanol–water partition coefficient (Wildman–Crippen LogP) is 2.85. The number of ether oxygens (including phenoxy) is 3. The minimum Gasteiger partial charge on any atom is -0.477 e. The van der Waals surface area contributed by atoms with Crippen LogP contribution in [0, 0.1) is 0 Å². The van der Waals surface area contributed by atoms with E-state index in [4.69, 9.17) is 19.2 Å². The first-order chi connectivity index (χ1) is 13.8. The van der Waals surface area contributed by atoms with Gasteiger partial charge in [0.25, 0.3) is 0 Å². The molecule has 0 saturated carbocycles. The Morgan fingerprint density at radius 1 is 1.25 bits per heavy atom. The van der Waals surface area contributed by atoms with Crippen LogP contribution in [-0.4, -0.2) is 68.5 Å². The molecule has 1 aliphatic heterocycles. The highest BCUT2D eigenvalue weighted by molar-refractivity contribution is 5.80. The molecule has 7 nitrogen and oxygen atoms in total. The first-order valence-electron chi connectivity index (χ1n) is 10.5. The summed E-state index contributed by atoms with van der Waals surface area (Å²) in [6, 6.07) is 3.97. The molecule has 0 aromatic carbocycles. The van der Waals surface area contributed by atoms with E-state index in [1.54, 1.807) is 13.3 Å². The number of methoxy groups -OCH3 is 1. The van der Waals surface area contributed by atoms with Crippen molar-refractivity contribution in [1.82, 2.24) is 15.2 Å². The minimum absolute atomic E-state index is 0.336. The van der Waals surface area contributed by atoms with Crippen LogP contribution in [0.4, 0.5) is 0 Å². The van der Waals surface area contributed by atoms with Gasteiger partial charge in [0.15, 0.2) is 5.96 Å².